The maximum atomic E-state index is 13.6. The first kappa shape index (κ1) is 23.3. The number of rotatable bonds is 6. The van der Waals surface area contributed by atoms with Gasteiger partial charge in [0.05, 0.1) is 50.3 Å². The Morgan fingerprint density at radius 3 is 2.32 bits per heavy atom. The number of allylic oxidation sites excluding steroid dienone is 1. The molecule has 1 atom stereocenters. The molecule has 0 saturated carbocycles. The molecule has 0 bridgehead atoms. The molecule has 4 rings (SSSR count). The van der Waals surface area contributed by atoms with Gasteiger partial charge in [-0.25, -0.2) is 9.79 Å². The number of hydrogen-bond donors (Lipinski definition) is 0. The van der Waals surface area contributed by atoms with Gasteiger partial charge in [0.25, 0.3) is 5.56 Å². The maximum Gasteiger partial charge on any atom is 0.338 e. The lowest BCUT2D eigenvalue weighted by atomic mass is 9.95. The van der Waals surface area contributed by atoms with Gasteiger partial charge in [0.15, 0.2) is 16.3 Å². The predicted molar refractivity (Wildman–Crippen MR) is 128 cm³/mol. The average molecular weight is 481 g/mol. The fraction of sp³-hybridized carbons (Fsp3) is 0.240. The van der Waals surface area contributed by atoms with Crippen LogP contribution < -0.4 is 29.1 Å². The quantitative estimate of drug-likeness (QED) is 0.504. The van der Waals surface area contributed by atoms with Crippen molar-refractivity contribution in [3.05, 3.63) is 84.5 Å². The highest BCUT2D eigenvalue weighted by Gasteiger charge is 2.33. The molecule has 8 nitrogen and oxygen atoms in total. The van der Waals surface area contributed by atoms with Crippen LogP contribution in [-0.4, -0.2) is 39.0 Å². The summed E-state index contributed by atoms with van der Waals surface area (Å²) in [6.45, 7) is 1.74. The van der Waals surface area contributed by atoms with Crippen molar-refractivity contribution in [2.75, 3.05) is 28.4 Å². The molecular formula is C25H24N2O6S. The molecule has 0 saturated heterocycles. The maximum absolute atomic E-state index is 13.6. The minimum atomic E-state index is -0.735. The Morgan fingerprint density at radius 1 is 1.00 bits per heavy atom. The number of hydrogen-bond acceptors (Lipinski definition) is 8. The second-order valence-electron chi connectivity index (χ2n) is 7.46. The Hall–Kier alpha value is -3.85. The van der Waals surface area contributed by atoms with Crippen LogP contribution in [0.15, 0.2) is 63.5 Å². The van der Waals surface area contributed by atoms with E-state index in [4.69, 9.17) is 18.9 Å². The van der Waals surface area contributed by atoms with Crippen molar-refractivity contribution in [3.63, 3.8) is 0 Å². The summed E-state index contributed by atoms with van der Waals surface area (Å²) >= 11 is 1.26. The van der Waals surface area contributed by atoms with Gasteiger partial charge in [0.2, 0.25) is 0 Å². The molecule has 0 spiro atoms. The molecule has 2 aromatic carbocycles. The number of carbonyl (C=O) groups excluding carboxylic acids is 1. The van der Waals surface area contributed by atoms with Crippen molar-refractivity contribution in [2.45, 2.75) is 13.0 Å². The third kappa shape index (κ3) is 4.10. The van der Waals surface area contributed by atoms with Crippen LogP contribution in [0, 0.1) is 0 Å². The molecule has 0 N–H and O–H groups in total. The zero-order chi connectivity index (χ0) is 24.4. The van der Waals surface area contributed by atoms with E-state index in [2.05, 4.69) is 4.99 Å². The van der Waals surface area contributed by atoms with Crippen molar-refractivity contribution in [3.8, 4) is 17.2 Å². The van der Waals surface area contributed by atoms with Gasteiger partial charge in [0.1, 0.15) is 5.75 Å². The fourth-order valence-corrected chi connectivity index (χ4v) is 4.93. The number of carbonyl (C=O) groups is 1. The van der Waals surface area contributed by atoms with E-state index in [-0.39, 0.29) is 11.1 Å². The van der Waals surface area contributed by atoms with E-state index in [1.807, 2.05) is 24.3 Å². The van der Waals surface area contributed by atoms with Crippen molar-refractivity contribution in [2.24, 2.45) is 4.99 Å². The molecule has 0 radical (unpaired) electrons. The molecule has 0 aliphatic carbocycles. The van der Waals surface area contributed by atoms with E-state index in [0.29, 0.717) is 32.1 Å². The minimum Gasteiger partial charge on any atom is -0.497 e. The monoisotopic (exact) mass is 480 g/mol. The summed E-state index contributed by atoms with van der Waals surface area (Å²) in [5, 5.41) is 0. The molecule has 0 amide bonds. The first-order valence-electron chi connectivity index (χ1n) is 10.4. The molecule has 1 aliphatic heterocycles. The van der Waals surface area contributed by atoms with E-state index < -0.39 is 12.0 Å². The summed E-state index contributed by atoms with van der Waals surface area (Å²) in [7, 11) is 5.99. The number of nitrogens with zero attached hydrogens (tertiary/aromatic N) is 2. The smallest absolute Gasteiger partial charge is 0.338 e. The first-order valence-corrected chi connectivity index (χ1v) is 11.2. The Bertz CT molecular complexity index is 1450. The van der Waals surface area contributed by atoms with E-state index in [9.17, 15) is 9.59 Å². The van der Waals surface area contributed by atoms with Crippen LogP contribution in [0.2, 0.25) is 0 Å². The van der Waals surface area contributed by atoms with Gasteiger partial charge < -0.3 is 18.9 Å². The SMILES string of the molecule is COC(=O)C1=C(C)N=c2sc(=Cc3ccc(OC)cc3)c(=O)n2C1c1ccc(OC)c(OC)c1. The van der Waals surface area contributed by atoms with Crippen molar-refractivity contribution >= 4 is 23.4 Å². The van der Waals surface area contributed by atoms with Crippen LogP contribution in [0.4, 0.5) is 0 Å². The number of esters is 1. The van der Waals surface area contributed by atoms with Gasteiger partial charge in [0, 0.05) is 0 Å². The van der Waals surface area contributed by atoms with Crippen LogP contribution in [0.1, 0.15) is 24.1 Å². The zero-order valence-electron chi connectivity index (χ0n) is 19.4. The highest BCUT2D eigenvalue weighted by Crippen LogP contribution is 2.35. The van der Waals surface area contributed by atoms with Crippen LogP contribution in [-0.2, 0) is 9.53 Å². The molecule has 1 unspecified atom stereocenters. The lowest BCUT2D eigenvalue weighted by Gasteiger charge is -2.25. The predicted octanol–water partition coefficient (Wildman–Crippen LogP) is 2.43. The number of benzene rings is 2. The van der Waals surface area contributed by atoms with Gasteiger partial charge >= 0.3 is 5.97 Å². The molecule has 3 aromatic rings. The number of fused-ring (bicyclic) bond motifs is 1. The second-order valence-corrected chi connectivity index (χ2v) is 8.47. The van der Waals surface area contributed by atoms with Gasteiger partial charge in [-0.2, -0.15) is 0 Å². The fourth-order valence-electron chi connectivity index (χ4n) is 3.88. The van der Waals surface area contributed by atoms with Crippen LogP contribution in [0.25, 0.3) is 6.08 Å². The van der Waals surface area contributed by atoms with E-state index in [0.717, 1.165) is 11.3 Å². The van der Waals surface area contributed by atoms with E-state index in [1.165, 1.54) is 30.1 Å². The molecule has 9 heteroatoms. The van der Waals surface area contributed by atoms with Gasteiger partial charge in [-0.1, -0.05) is 29.5 Å². The summed E-state index contributed by atoms with van der Waals surface area (Å²) in [4.78, 5) is 31.4. The molecule has 34 heavy (non-hydrogen) atoms. The summed E-state index contributed by atoms with van der Waals surface area (Å²) in [5.74, 6) is 1.20. The number of ether oxygens (including phenoxy) is 4. The Morgan fingerprint density at radius 2 is 1.71 bits per heavy atom. The van der Waals surface area contributed by atoms with Crippen molar-refractivity contribution < 1.29 is 23.7 Å². The molecule has 0 fully saturated rings. The normalized spacial score (nSPS) is 15.4. The number of aromatic nitrogens is 1. The topological polar surface area (TPSA) is 88.4 Å². The van der Waals surface area contributed by atoms with Crippen molar-refractivity contribution in [1.82, 2.24) is 4.57 Å². The highest BCUT2D eigenvalue weighted by atomic mass is 32.1. The van der Waals surface area contributed by atoms with Gasteiger partial charge in [-0.3, -0.25) is 9.36 Å². The molecule has 176 valence electrons. The van der Waals surface area contributed by atoms with Crippen LogP contribution >= 0.6 is 11.3 Å². The van der Waals surface area contributed by atoms with Crippen LogP contribution in [0.3, 0.4) is 0 Å². The molecule has 1 aromatic heterocycles. The van der Waals surface area contributed by atoms with E-state index >= 15 is 0 Å². The lowest BCUT2D eigenvalue weighted by molar-refractivity contribution is -0.136. The summed E-state index contributed by atoms with van der Waals surface area (Å²) in [6.07, 6.45) is 1.80. The van der Waals surface area contributed by atoms with Gasteiger partial charge in [-0.15, -0.1) is 0 Å². The number of thiazole rings is 1. The van der Waals surface area contributed by atoms with E-state index in [1.54, 1.807) is 45.4 Å². The second kappa shape index (κ2) is 9.56. The average Bonchev–Trinajstić information content (AvgIpc) is 3.16. The summed E-state index contributed by atoms with van der Waals surface area (Å²) < 4.78 is 23.1. The van der Waals surface area contributed by atoms with Crippen molar-refractivity contribution in [1.29, 1.82) is 0 Å². The molecular weight excluding hydrogens is 456 g/mol. The first-order chi connectivity index (χ1) is 16.4. The third-order valence-corrected chi connectivity index (χ3v) is 6.55. The Labute approximate surface area is 200 Å². The number of methoxy groups -OCH3 is 4. The lowest BCUT2D eigenvalue weighted by Crippen LogP contribution is -2.39. The zero-order valence-corrected chi connectivity index (χ0v) is 20.3. The summed E-state index contributed by atoms with van der Waals surface area (Å²) in [6, 6.07) is 12.0. The molecule has 1 aliphatic rings. The Balaban J connectivity index is 1.95. The van der Waals surface area contributed by atoms with Crippen LogP contribution in [0.5, 0.6) is 17.2 Å². The Kier molecular flexibility index (Phi) is 6.56. The standard InChI is InChI=1S/C25H24N2O6S/c1-14-21(24(29)33-5)22(16-8-11-18(31-3)19(13-16)32-4)27-23(28)20(34-25(27)26-14)12-15-6-9-17(30-2)10-7-15/h6-13,22H,1-5H3. The minimum absolute atomic E-state index is 0.256. The highest BCUT2D eigenvalue weighted by molar-refractivity contribution is 7.07. The molecule has 2 heterocycles. The van der Waals surface area contributed by atoms with Gasteiger partial charge in [-0.05, 0) is 48.4 Å². The third-order valence-electron chi connectivity index (χ3n) is 5.56. The largest absolute Gasteiger partial charge is 0.497 e. The summed E-state index contributed by atoms with van der Waals surface area (Å²) in [5.41, 5.74) is 2.04.